The van der Waals surface area contributed by atoms with E-state index in [4.69, 9.17) is 11.5 Å². The first kappa shape index (κ1) is 16.2. The fourth-order valence-electron chi connectivity index (χ4n) is 2.33. The molecule has 0 amide bonds. The standard InChI is InChI=1S/C15H18N8S/c1-3-23-12(10-6-4-5-9(2)7-10)21-22-15(23)24-8-11-18-13(16)20-14(17)19-11/h4-7H,3,8H2,1-2H3,(H4,16,17,18,19,20). The molecule has 124 valence electrons. The summed E-state index contributed by atoms with van der Waals surface area (Å²) in [6.45, 7) is 4.88. The summed E-state index contributed by atoms with van der Waals surface area (Å²) in [5.41, 5.74) is 13.4. The van der Waals surface area contributed by atoms with Crippen LogP contribution in [0.25, 0.3) is 11.4 Å². The summed E-state index contributed by atoms with van der Waals surface area (Å²) in [5, 5.41) is 9.43. The van der Waals surface area contributed by atoms with Crippen LogP contribution in [0, 0.1) is 6.92 Å². The molecule has 4 N–H and O–H groups in total. The first-order chi connectivity index (χ1) is 11.6. The Kier molecular flexibility index (Phi) is 4.61. The zero-order valence-electron chi connectivity index (χ0n) is 13.5. The van der Waals surface area contributed by atoms with Crippen molar-refractivity contribution in [1.29, 1.82) is 0 Å². The van der Waals surface area contributed by atoms with Gasteiger partial charge in [-0.15, -0.1) is 10.2 Å². The summed E-state index contributed by atoms with van der Waals surface area (Å²) in [7, 11) is 0. The van der Waals surface area contributed by atoms with E-state index in [0.29, 0.717) is 11.6 Å². The average Bonchev–Trinajstić information content (AvgIpc) is 2.95. The molecule has 0 saturated heterocycles. The van der Waals surface area contributed by atoms with Crippen molar-refractivity contribution >= 4 is 23.7 Å². The highest BCUT2D eigenvalue weighted by Gasteiger charge is 2.14. The van der Waals surface area contributed by atoms with Crippen molar-refractivity contribution < 1.29 is 0 Å². The van der Waals surface area contributed by atoms with Crippen LogP contribution in [0.15, 0.2) is 29.4 Å². The van der Waals surface area contributed by atoms with Crippen molar-refractivity contribution in [1.82, 2.24) is 29.7 Å². The SMILES string of the molecule is CCn1c(SCc2nc(N)nc(N)n2)nnc1-c1cccc(C)c1. The monoisotopic (exact) mass is 342 g/mol. The maximum atomic E-state index is 5.59. The topological polar surface area (TPSA) is 121 Å². The van der Waals surface area contributed by atoms with Crippen molar-refractivity contribution in [2.75, 3.05) is 11.5 Å². The van der Waals surface area contributed by atoms with Crippen LogP contribution in [0.1, 0.15) is 18.3 Å². The van der Waals surface area contributed by atoms with Crippen LogP contribution in [-0.2, 0) is 12.3 Å². The Bertz CT molecular complexity index is 840. The van der Waals surface area contributed by atoms with Crippen LogP contribution >= 0.6 is 11.8 Å². The van der Waals surface area contributed by atoms with Gasteiger partial charge >= 0.3 is 0 Å². The number of nitrogens with zero attached hydrogens (tertiary/aromatic N) is 6. The summed E-state index contributed by atoms with van der Waals surface area (Å²) >= 11 is 1.49. The van der Waals surface area contributed by atoms with E-state index < -0.39 is 0 Å². The van der Waals surface area contributed by atoms with Crippen LogP contribution in [0.2, 0.25) is 0 Å². The Morgan fingerprint density at radius 2 is 1.83 bits per heavy atom. The highest BCUT2D eigenvalue weighted by molar-refractivity contribution is 7.98. The van der Waals surface area contributed by atoms with Gasteiger partial charge in [0.2, 0.25) is 11.9 Å². The third kappa shape index (κ3) is 3.46. The van der Waals surface area contributed by atoms with Gasteiger partial charge in [-0.3, -0.25) is 0 Å². The van der Waals surface area contributed by atoms with E-state index in [2.05, 4.69) is 55.7 Å². The van der Waals surface area contributed by atoms with Gasteiger partial charge in [0.15, 0.2) is 11.0 Å². The predicted octanol–water partition coefficient (Wildman–Crippen LogP) is 1.92. The van der Waals surface area contributed by atoms with Crippen molar-refractivity contribution in [2.24, 2.45) is 0 Å². The van der Waals surface area contributed by atoms with Gasteiger partial charge in [-0.1, -0.05) is 35.5 Å². The lowest BCUT2D eigenvalue weighted by Crippen LogP contribution is -2.06. The number of hydrogen-bond donors (Lipinski definition) is 2. The summed E-state index contributed by atoms with van der Waals surface area (Å²) in [4.78, 5) is 11.9. The van der Waals surface area contributed by atoms with Gasteiger partial charge in [0, 0.05) is 12.1 Å². The molecule has 3 aromatic rings. The number of rotatable bonds is 5. The molecule has 3 rings (SSSR count). The van der Waals surface area contributed by atoms with Crippen LogP contribution in [-0.4, -0.2) is 29.7 Å². The predicted molar refractivity (Wildman–Crippen MR) is 94.1 cm³/mol. The number of aryl methyl sites for hydroxylation is 1. The Morgan fingerprint density at radius 3 is 2.50 bits per heavy atom. The molecular weight excluding hydrogens is 324 g/mol. The van der Waals surface area contributed by atoms with Crippen LogP contribution in [0.5, 0.6) is 0 Å². The Hall–Kier alpha value is -2.68. The number of thioether (sulfide) groups is 1. The molecule has 8 nitrogen and oxygen atoms in total. The highest BCUT2D eigenvalue weighted by Crippen LogP contribution is 2.26. The molecule has 0 spiro atoms. The largest absolute Gasteiger partial charge is 0.368 e. The van der Waals surface area contributed by atoms with Gasteiger partial charge in [-0.05, 0) is 19.9 Å². The molecule has 9 heteroatoms. The lowest BCUT2D eigenvalue weighted by molar-refractivity contribution is 0.687. The number of hydrogen-bond acceptors (Lipinski definition) is 8. The Labute approximate surface area is 143 Å². The Balaban J connectivity index is 1.84. The molecular formula is C15H18N8S. The number of nitrogen functional groups attached to an aromatic ring is 2. The minimum atomic E-state index is 0.121. The van der Waals surface area contributed by atoms with Gasteiger partial charge in [0.25, 0.3) is 0 Å². The minimum Gasteiger partial charge on any atom is -0.368 e. The van der Waals surface area contributed by atoms with E-state index in [1.807, 2.05) is 12.1 Å². The van der Waals surface area contributed by atoms with Crippen LogP contribution in [0.4, 0.5) is 11.9 Å². The van der Waals surface area contributed by atoms with Gasteiger partial charge in [-0.2, -0.15) is 15.0 Å². The quantitative estimate of drug-likeness (QED) is 0.674. The summed E-state index contributed by atoms with van der Waals surface area (Å²) in [6, 6.07) is 8.20. The molecule has 0 aliphatic carbocycles. The molecule has 1 aromatic carbocycles. The number of anilines is 2. The molecule has 2 aromatic heterocycles. The number of nitrogens with two attached hydrogens (primary N) is 2. The van der Waals surface area contributed by atoms with Gasteiger partial charge in [0.05, 0.1) is 5.75 Å². The smallest absolute Gasteiger partial charge is 0.225 e. The van der Waals surface area contributed by atoms with Crippen LogP contribution in [0.3, 0.4) is 0 Å². The third-order valence-corrected chi connectivity index (χ3v) is 4.32. The first-order valence-electron chi connectivity index (χ1n) is 7.45. The molecule has 2 heterocycles. The van der Waals surface area contributed by atoms with E-state index in [0.717, 1.165) is 23.1 Å². The highest BCUT2D eigenvalue weighted by atomic mass is 32.2. The lowest BCUT2D eigenvalue weighted by atomic mass is 10.1. The normalized spacial score (nSPS) is 10.9. The molecule has 0 aliphatic heterocycles. The number of benzene rings is 1. The average molecular weight is 342 g/mol. The summed E-state index contributed by atoms with van der Waals surface area (Å²) in [6.07, 6.45) is 0. The van der Waals surface area contributed by atoms with E-state index >= 15 is 0 Å². The van der Waals surface area contributed by atoms with Crippen molar-refractivity contribution in [3.63, 3.8) is 0 Å². The molecule has 0 fully saturated rings. The van der Waals surface area contributed by atoms with E-state index in [1.54, 1.807) is 0 Å². The third-order valence-electron chi connectivity index (χ3n) is 3.36. The molecule has 0 radical (unpaired) electrons. The Morgan fingerprint density at radius 1 is 1.08 bits per heavy atom. The molecule has 0 atom stereocenters. The summed E-state index contributed by atoms with van der Waals surface area (Å²) < 4.78 is 2.06. The molecule has 24 heavy (non-hydrogen) atoms. The van der Waals surface area contributed by atoms with Crippen molar-refractivity contribution in [2.45, 2.75) is 31.3 Å². The second-order valence-electron chi connectivity index (χ2n) is 5.18. The molecule has 0 bridgehead atoms. The van der Waals surface area contributed by atoms with E-state index in [-0.39, 0.29) is 11.9 Å². The second-order valence-corrected chi connectivity index (χ2v) is 6.12. The fourth-order valence-corrected chi connectivity index (χ4v) is 3.19. The zero-order chi connectivity index (χ0) is 17.1. The first-order valence-corrected chi connectivity index (χ1v) is 8.44. The van der Waals surface area contributed by atoms with Gasteiger partial charge in [0.1, 0.15) is 5.82 Å². The minimum absolute atomic E-state index is 0.121. The molecule has 0 unspecified atom stereocenters. The zero-order valence-corrected chi connectivity index (χ0v) is 14.3. The van der Waals surface area contributed by atoms with Crippen molar-refractivity contribution in [3.8, 4) is 11.4 Å². The van der Waals surface area contributed by atoms with Gasteiger partial charge in [-0.25, -0.2) is 0 Å². The van der Waals surface area contributed by atoms with E-state index in [9.17, 15) is 0 Å². The van der Waals surface area contributed by atoms with E-state index in [1.165, 1.54) is 17.3 Å². The summed E-state index contributed by atoms with van der Waals surface area (Å²) in [5.74, 6) is 2.10. The molecule has 0 saturated carbocycles. The number of aromatic nitrogens is 6. The maximum Gasteiger partial charge on any atom is 0.225 e. The second kappa shape index (κ2) is 6.83. The van der Waals surface area contributed by atoms with Gasteiger partial charge < -0.3 is 16.0 Å². The maximum absolute atomic E-state index is 5.59. The van der Waals surface area contributed by atoms with Crippen LogP contribution < -0.4 is 11.5 Å². The lowest BCUT2D eigenvalue weighted by Gasteiger charge is -2.07. The fraction of sp³-hybridized carbons (Fsp3) is 0.267. The molecule has 0 aliphatic rings. The van der Waals surface area contributed by atoms with Crippen molar-refractivity contribution in [3.05, 3.63) is 35.7 Å².